The highest BCUT2D eigenvalue weighted by Gasteiger charge is 2.29. The lowest BCUT2D eigenvalue weighted by atomic mass is 9.98. The van der Waals surface area contributed by atoms with Gasteiger partial charge in [-0.3, -0.25) is 0 Å². The van der Waals surface area contributed by atoms with Crippen molar-refractivity contribution >= 4 is 49.2 Å². The van der Waals surface area contributed by atoms with Gasteiger partial charge < -0.3 is 15.7 Å². The van der Waals surface area contributed by atoms with Gasteiger partial charge in [-0.25, -0.2) is 0 Å². The summed E-state index contributed by atoms with van der Waals surface area (Å²) in [5.41, 5.74) is 4.10. The van der Waals surface area contributed by atoms with Gasteiger partial charge in [0.15, 0.2) is 6.17 Å². The van der Waals surface area contributed by atoms with Crippen molar-refractivity contribution in [3.63, 3.8) is 0 Å². The summed E-state index contributed by atoms with van der Waals surface area (Å²) in [7, 11) is 0. The lowest BCUT2D eigenvalue weighted by molar-refractivity contribution is -0.731. The summed E-state index contributed by atoms with van der Waals surface area (Å²) in [6.45, 7) is 0. The van der Waals surface area contributed by atoms with E-state index in [1.54, 1.807) is 6.07 Å². The van der Waals surface area contributed by atoms with Crippen molar-refractivity contribution in [1.82, 2.24) is 5.32 Å². The zero-order valence-electron chi connectivity index (χ0n) is 14.7. The Morgan fingerprint density at radius 1 is 0.893 bits per heavy atom. The van der Waals surface area contributed by atoms with Gasteiger partial charge in [0, 0.05) is 31.3 Å². The molecule has 0 bridgehead atoms. The van der Waals surface area contributed by atoms with Gasteiger partial charge in [0.25, 0.3) is 0 Å². The Labute approximate surface area is 185 Å². The fourth-order valence-electron chi connectivity index (χ4n) is 3.37. The number of hydrogen-bond acceptors (Lipinski definition) is 2. The second-order valence-corrected chi connectivity index (χ2v) is 8.95. The first kappa shape index (κ1) is 19.5. The van der Waals surface area contributed by atoms with Crippen molar-refractivity contribution in [2.75, 3.05) is 0 Å². The predicted octanol–water partition coefficient (Wildman–Crippen LogP) is 5.52. The number of phenolic OH excluding ortho intramolecular Hbond substituents is 1. The zero-order chi connectivity index (χ0) is 19.7. The fraction of sp³-hybridized carbons (Fsp3) is 0.0909. The molecule has 2 unspecified atom stereocenters. The van der Waals surface area contributed by atoms with Gasteiger partial charge in [-0.15, -0.1) is 0 Å². The van der Waals surface area contributed by atoms with Crippen LogP contribution in [-0.2, 0) is 0 Å². The molecule has 0 amide bonds. The van der Waals surface area contributed by atoms with Crippen molar-refractivity contribution < 1.29 is 10.4 Å². The topological polar surface area (TPSA) is 48.9 Å². The quantitative estimate of drug-likeness (QED) is 0.425. The predicted molar refractivity (Wildman–Crippen MR) is 120 cm³/mol. The van der Waals surface area contributed by atoms with Gasteiger partial charge in [-0.2, -0.15) is 0 Å². The Morgan fingerprint density at radius 2 is 1.57 bits per heavy atom. The molecule has 28 heavy (non-hydrogen) atoms. The molecule has 0 aromatic heterocycles. The lowest BCUT2D eigenvalue weighted by Crippen LogP contribution is -2.89. The van der Waals surface area contributed by atoms with Crippen molar-refractivity contribution in [2.24, 2.45) is 0 Å². The molecule has 3 aromatic carbocycles. The van der Waals surface area contributed by atoms with E-state index in [1.807, 2.05) is 48.5 Å². The Bertz CT molecular complexity index is 1020. The van der Waals surface area contributed by atoms with Gasteiger partial charge >= 0.3 is 0 Å². The molecule has 0 fully saturated rings. The number of aromatic hydroxyl groups is 1. The summed E-state index contributed by atoms with van der Waals surface area (Å²) in [6.07, 6.45) is 2.14. The summed E-state index contributed by atoms with van der Waals surface area (Å²) < 4.78 is 1.98. The maximum atomic E-state index is 10.5. The highest BCUT2D eigenvalue weighted by Crippen LogP contribution is 2.31. The van der Waals surface area contributed by atoms with Crippen molar-refractivity contribution in [1.29, 1.82) is 0 Å². The zero-order valence-corrected chi connectivity index (χ0v) is 18.7. The number of hydrogen-bond donors (Lipinski definition) is 3. The van der Waals surface area contributed by atoms with Crippen LogP contribution in [0.4, 0.5) is 0 Å². The van der Waals surface area contributed by atoms with Gasteiger partial charge in [-0.1, -0.05) is 55.6 Å². The summed E-state index contributed by atoms with van der Waals surface area (Å²) in [6, 6.07) is 21.5. The number of halogens is 3. The molecule has 0 spiro atoms. The largest absolute Gasteiger partial charge is 0.507 e. The third-order valence-electron chi connectivity index (χ3n) is 4.79. The molecule has 1 heterocycles. The molecule has 0 radical (unpaired) electrons. The maximum absolute atomic E-state index is 10.5. The summed E-state index contributed by atoms with van der Waals surface area (Å²) in [4.78, 5) is 0. The molecule has 6 heteroatoms. The number of quaternary nitrogens is 1. The SMILES string of the molecule is Oc1ccc(Br)cc1C1C=C(c2ccc(Br)cc2)NC(c2ccc(Cl)cc2)[NH2+]1. The van der Waals surface area contributed by atoms with Crippen molar-refractivity contribution in [3.05, 3.63) is 103 Å². The van der Waals surface area contributed by atoms with Gasteiger partial charge in [0.1, 0.15) is 11.8 Å². The molecule has 4 N–H and O–H groups in total. The average Bonchev–Trinajstić information content (AvgIpc) is 2.70. The Morgan fingerprint density at radius 3 is 2.29 bits per heavy atom. The van der Waals surface area contributed by atoms with Crippen LogP contribution in [-0.4, -0.2) is 5.11 Å². The van der Waals surface area contributed by atoms with E-state index in [0.717, 1.165) is 31.3 Å². The first-order valence-electron chi connectivity index (χ1n) is 8.83. The van der Waals surface area contributed by atoms with Crippen LogP contribution < -0.4 is 10.6 Å². The second kappa shape index (κ2) is 8.29. The molecule has 3 aromatic rings. The van der Waals surface area contributed by atoms with E-state index in [4.69, 9.17) is 11.6 Å². The van der Waals surface area contributed by atoms with E-state index >= 15 is 0 Å². The average molecular weight is 522 g/mol. The molecular weight excluding hydrogens is 504 g/mol. The fourth-order valence-corrected chi connectivity index (χ4v) is 4.13. The maximum Gasteiger partial charge on any atom is 0.186 e. The minimum atomic E-state index is -0.0434. The lowest BCUT2D eigenvalue weighted by Gasteiger charge is -2.30. The van der Waals surface area contributed by atoms with Crippen LogP contribution in [0.2, 0.25) is 5.02 Å². The van der Waals surface area contributed by atoms with Crippen LogP contribution in [0.25, 0.3) is 5.70 Å². The van der Waals surface area contributed by atoms with E-state index in [9.17, 15) is 5.11 Å². The molecule has 142 valence electrons. The highest BCUT2D eigenvalue weighted by atomic mass is 79.9. The van der Waals surface area contributed by atoms with E-state index < -0.39 is 0 Å². The molecule has 0 saturated heterocycles. The standard InChI is InChI=1S/C22H17Br2ClN2O/c23-15-5-1-13(2-6-15)19-12-20(18-11-16(24)7-10-21(18)28)27-22(26-19)14-3-8-17(25)9-4-14/h1-12,20,22,26-28H/p+1. The summed E-state index contributed by atoms with van der Waals surface area (Å²) in [5.74, 6) is 0.285. The van der Waals surface area contributed by atoms with E-state index in [-0.39, 0.29) is 18.0 Å². The van der Waals surface area contributed by atoms with Gasteiger partial charge in [-0.05, 0) is 60.2 Å². The minimum Gasteiger partial charge on any atom is -0.507 e. The number of nitrogens with one attached hydrogen (secondary N) is 1. The van der Waals surface area contributed by atoms with E-state index in [0.29, 0.717) is 5.02 Å². The molecule has 0 saturated carbocycles. The molecule has 1 aliphatic heterocycles. The molecule has 0 aliphatic carbocycles. The van der Waals surface area contributed by atoms with Crippen LogP contribution in [0.1, 0.15) is 28.9 Å². The number of rotatable bonds is 3. The third-order valence-corrected chi connectivity index (χ3v) is 6.06. The second-order valence-electron chi connectivity index (χ2n) is 6.68. The normalized spacial score (nSPS) is 19.0. The van der Waals surface area contributed by atoms with E-state index in [2.05, 4.69) is 60.7 Å². The molecule has 1 aliphatic rings. The molecule has 2 atom stereocenters. The van der Waals surface area contributed by atoms with Crippen LogP contribution in [0.5, 0.6) is 5.75 Å². The van der Waals surface area contributed by atoms with Crippen LogP contribution >= 0.6 is 43.5 Å². The molecule has 3 nitrogen and oxygen atoms in total. The first-order chi connectivity index (χ1) is 13.5. The Hall–Kier alpha value is -1.79. The highest BCUT2D eigenvalue weighted by molar-refractivity contribution is 9.10. The van der Waals surface area contributed by atoms with Crippen LogP contribution in [0, 0.1) is 0 Å². The Balaban J connectivity index is 1.76. The van der Waals surface area contributed by atoms with E-state index in [1.165, 1.54) is 0 Å². The Kier molecular flexibility index (Phi) is 5.78. The van der Waals surface area contributed by atoms with Crippen LogP contribution in [0.15, 0.2) is 81.8 Å². The monoisotopic (exact) mass is 519 g/mol. The smallest absolute Gasteiger partial charge is 0.186 e. The minimum absolute atomic E-state index is 0.00991. The van der Waals surface area contributed by atoms with Crippen molar-refractivity contribution in [3.8, 4) is 5.75 Å². The molecule has 4 rings (SSSR count). The first-order valence-corrected chi connectivity index (χ1v) is 10.8. The number of nitrogens with two attached hydrogens (primary N) is 1. The number of phenols is 1. The summed E-state index contributed by atoms with van der Waals surface area (Å²) in [5, 5.41) is 17.0. The van der Waals surface area contributed by atoms with Crippen molar-refractivity contribution in [2.45, 2.75) is 12.2 Å². The summed E-state index contributed by atoms with van der Waals surface area (Å²) >= 11 is 13.1. The number of benzene rings is 3. The van der Waals surface area contributed by atoms with Gasteiger partial charge in [0.05, 0.1) is 5.56 Å². The third kappa shape index (κ3) is 4.28. The molecular formula is C22H18Br2ClN2O+. The van der Waals surface area contributed by atoms with Gasteiger partial charge in [0.2, 0.25) is 0 Å². The van der Waals surface area contributed by atoms with Crippen LogP contribution in [0.3, 0.4) is 0 Å².